The quantitative estimate of drug-likeness (QED) is 0.308. The van der Waals surface area contributed by atoms with Crippen LogP contribution >= 0.6 is 0 Å². The number of aliphatic hydroxyl groups excluding tert-OH is 1. The van der Waals surface area contributed by atoms with Crippen molar-refractivity contribution in [3.05, 3.63) is 42.3 Å². The smallest absolute Gasteiger partial charge is 0.220 e. The topological polar surface area (TPSA) is 103 Å². The SMILES string of the molecule is C=C[C-](CCCCCC(=O)N[C@H](CN1CCCC1)[C@H](O)c1ccc2c(c1)OCCO2)C1CC1.O.[Sc]. The van der Waals surface area contributed by atoms with Gasteiger partial charge >= 0.3 is 0 Å². The van der Waals surface area contributed by atoms with Crippen LogP contribution < -0.4 is 14.8 Å². The largest absolute Gasteiger partial charge is 0.486 e. The maximum Gasteiger partial charge on any atom is 0.220 e. The summed E-state index contributed by atoms with van der Waals surface area (Å²) in [6, 6.07) is 5.21. The Morgan fingerprint density at radius 2 is 1.89 bits per heavy atom. The first kappa shape index (κ1) is 29.9. The van der Waals surface area contributed by atoms with Crippen LogP contribution in [-0.2, 0) is 30.6 Å². The van der Waals surface area contributed by atoms with Gasteiger partial charge in [0, 0.05) is 38.8 Å². The van der Waals surface area contributed by atoms with Gasteiger partial charge in [0.25, 0.3) is 0 Å². The van der Waals surface area contributed by atoms with Gasteiger partial charge < -0.3 is 30.3 Å². The maximum atomic E-state index is 12.8. The average Bonchev–Trinajstić information content (AvgIpc) is 3.55. The van der Waals surface area contributed by atoms with Crippen molar-refractivity contribution in [2.45, 2.75) is 69.9 Å². The fourth-order valence-electron chi connectivity index (χ4n) is 4.94. The predicted molar refractivity (Wildman–Crippen MR) is 133 cm³/mol. The Morgan fingerprint density at radius 3 is 2.57 bits per heavy atom. The van der Waals surface area contributed by atoms with Crippen molar-refractivity contribution in [1.82, 2.24) is 10.2 Å². The molecule has 0 spiro atoms. The molecule has 2 atom stereocenters. The molecule has 2 fully saturated rings. The molecule has 4 rings (SSSR count). The van der Waals surface area contributed by atoms with Gasteiger partial charge in [-0.15, -0.1) is 0 Å². The van der Waals surface area contributed by atoms with E-state index in [1.54, 1.807) is 0 Å². The summed E-state index contributed by atoms with van der Waals surface area (Å²) >= 11 is 0. The van der Waals surface area contributed by atoms with Crippen LogP contribution in [0.5, 0.6) is 11.5 Å². The van der Waals surface area contributed by atoms with Gasteiger partial charge in [0.1, 0.15) is 19.3 Å². The van der Waals surface area contributed by atoms with E-state index in [1.165, 1.54) is 31.6 Å². The molecule has 1 amide bonds. The van der Waals surface area contributed by atoms with Gasteiger partial charge in [0.05, 0.1) is 6.04 Å². The van der Waals surface area contributed by atoms with Crippen LogP contribution in [0.15, 0.2) is 30.9 Å². The molecule has 0 unspecified atom stereocenters. The number of benzene rings is 1. The van der Waals surface area contributed by atoms with Gasteiger partial charge in [-0.1, -0.05) is 44.1 Å². The van der Waals surface area contributed by atoms with Crippen molar-refractivity contribution in [3.63, 3.8) is 0 Å². The molecule has 2 heterocycles. The van der Waals surface area contributed by atoms with E-state index in [0.29, 0.717) is 37.7 Å². The molecule has 193 valence electrons. The van der Waals surface area contributed by atoms with Crippen molar-refractivity contribution in [2.75, 3.05) is 32.8 Å². The van der Waals surface area contributed by atoms with E-state index in [0.717, 1.165) is 50.3 Å². The van der Waals surface area contributed by atoms with Gasteiger partial charge in [-0.25, -0.2) is 18.6 Å². The second-order valence-corrected chi connectivity index (χ2v) is 9.64. The molecular weight excluding hydrogens is 477 g/mol. The van der Waals surface area contributed by atoms with Gasteiger partial charge in [0.2, 0.25) is 5.91 Å². The number of amides is 1. The number of hydrogen-bond acceptors (Lipinski definition) is 5. The number of ether oxygens (including phenoxy) is 2. The van der Waals surface area contributed by atoms with E-state index in [-0.39, 0.29) is 43.3 Å². The number of aliphatic hydroxyl groups is 1. The second-order valence-electron chi connectivity index (χ2n) is 9.64. The molecule has 4 N–H and O–H groups in total. The zero-order valence-corrected chi connectivity index (χ0v) is 22.6. The van der Waals surface area contributed by atoms with E-state index in [9.17, 15) is 9.90 Å². The van der Waals surface area contributed by atoms with E-state index >= 15 is 0 Å². The number of unbranched alkanes of at least 4 members (excludes halogenated alkanes) is 2. The number of hydrogen-bond donors (Lipinski definition) is 2. The van der Waals surface area contributed by atoms with E-state index in [1.807, 2.05) is 24.3 Å². The summed E-state index contributed by atoms with van der Waals surface area (Å²) in [6.07, 6.45) is 10.8. The zero-order valence-electron chi connectivity index (χ0n) is 20.8. The molecule has 1 radical (unpaired) electrons. The van der Waals surface area contributed by atoms with Crippen molar-refractivity contribution in [3.8, 4) is 11.5 Å². The Bertz CT molecular complexity index is 798. The summed E-state index contributed by atoms with van der Waals surface area (Å²) in [5, 5.41) is 14.3. The Morgan fingerprint density at radius 1 is 1.17 bits per heavy atom. The zero-order chi connectivity index (χ0) is 23.0. The van der Waals surface area contributed by atoms with Gasteiger partial charge in [-0.2, -0.15) is 0 Å². The molecular formula is C27H41N2O5Sc-. The molecule has 1 aromatic carbocycles. The number of likely N-dealkylation sites (tertiary alicyclic amines) is 1. The molecule has 1 aromatic rings. The van der Waals surface area contributed by atoms with Crippen LogP contribution in [0.2, 0.25) is 0 Å². The van der Waals surface area contributed by atoms with E-state index in [4.69, 9.17) is 9.47 Å². The molecule has 2 aliphatic heterocycles. The monoisotopic (exact) mass is 518 g/mol. The summed E-state index contributed by atoms with van der Waals surface area (Å²) in [5.41, 5.74) is 0.747. The minimum Gasteiger partial charge on any atom is -0.486 e. The Balaban J connectivity index is 0.00000216. The molecule has 1 saturated carbocycles. The molecule has 35 heavy (non-hydrogen) atoms. The van der Waals surface area contributed by atoms with Crippen LogP contribution in [-0.4, -0.2) is 60.3 Å². The summed E-state index contributed by atoms with van der Waals surface area (Å²) in [7, 11) is 0. The number of nitrogens with one attached hydrogen (secondary N) is 1. The fourth-order valence-corrected chi connectivity index (χ4v) is 4.94. The molecule has 8 heteroatoms. The third-order valence-electron chi connectivity index (χ3n) is 7.02. The van der Waals surface area contributed by atoms with Crippen molar-refractivity contribution in [2.24, 2.45) is 5.92 Å². The van der Waals surface area contributed by atoms with E-state index < -0.39 is 6.10 Å². The molecule has 0 bridgehead atoms. The third-order valence-corrected chi connectivity index (χ3v) is 7.02. The normalized spacial score (nSPS) is 18.5. The first-order valence-corrected chi connectivity index (χ1v) is 12.7. The summed E-state index contributed by atoms with van der Waals surface area (Å²) in [4.78, 5) is 15.1. The Kier molecular flexibility index (Phi) is 12.8. The average molecular weight is 519 g/mol. The van der Waals surface area contributed by atoms with Crippen LogP contribution in [0.25, 0.3) is 0 Å². The fraction of sp³-hybridized carbons (Fsp3) is 0.630. The summed E-state index contributed by atoms with van der Waals surface area (Å²) in [6.45, 7) is 7.68. The van der Waals surface area contributed by atoms with Crippen molar-refractivity contribution in [1.29, 1.82) is 0 Å². The molecule has 1 aliphatic carbocycles. The summed E-state index contributed by atoms with van der Waals surface area (Å²) in [5.74, 6) is 3.65. The molecule has 7 nitrogen and oxygen atoms in total. The van der Waals surface area contributed by atoms with Gasteiger partial charge in [-0.3, -0.25) is 4.79 Å². The first-order valence-electron chi connectivity index (χ1n) is 12.7. The molecule has 0 aromatic heterocycles. The maximum absolute atomic E-state index is 12.8. The minimum absolute atomic E-state index is 0. The molecule has 1 saturated heterocycles. The van der Waals surface area contributed by atoms with E-state index in [2.05, 4.69) is 16.8 Å². The van der Waals surface area contributed by atoms with Crippen molar-refractivity contribution < 1.29 is 50.7 Å². The Labute approximate surface area is 228 Å². The Hall–Kier alpha value is -1.35. The van der Waals surface area contributed by atoms with Crippen LogP contribution in [0.4, 0.5) is 0 Å². The predicted octanol–water partition coefficient (Wildman–Crippen LogP) is 3.37. The van der Waals surface area contributed by atoms with Crippen LogP contribution in [0, 0.1) is 11.8 Å². The minimum atomic E-state index is -0.798. The number of rotatable bonds is 13. The van der Waals surface area contributed by atoms with Crippen LogP contribution in [0.3, 0.4) is 0 Å². The van der Waals surface area contributed by atoms with Gasteiger partial charge in [-0.05, 0) is 50.0 Å². The summed E-state index contributed by atoms with van der Waals surface area (Å²) < 4.78 is 11.3. The molecule has 3 aliphatic rings. The number of carbonyl (C=O) groups excluding carboxylic acids is 1. The number of carbonyl (C=O) groups is 1. The van der Waals surface area contributed by atoms with Gasteiger partial charge in [0.15, 0.2) is 11.5 Å². The van der Waals surface area contributed by atoms with Crippen LogP contribution in [0.1, 0.15) is 69.5 Å². The standard InChI is InChI=1S/C27H39N2O4.H2O.Sc/c1-2-20(21-10-11-21)8-4-3-5-9-26(30)28-23(19-29-14-6-7-15-29)27(31)22-12-13-24-25(18-22)33-17-16-32-24;;/h2,12-13,18,21,23,27,31H,1,3-11,14-17,19H2,(H,28,30);1H2;/q-1;;/t23-,27-;;/m1../s1. The number of allylic oxidation sites excluding steroid dienone is 1. The number of nitrogens with zero attached hydrogens (tertiary/aromatic N) is 1. The first-order chi connectivity index (χ1) is 16.1. The van der Waals surface area contributed by atoms with Crippen molar-refractivity contribution >= 4 is 5.91 Å². The second kappa shape index (κ2) is 15.0. The third kappa shape index (κ3) is 8.92. The number of fused-ring (bicyclic) bond motifs is 1.